The van der Waals surface area contributed by atoms with Crippen LogP contribution in [0.1, 0.15) is 18.9 Å². The molecule has 0 saturated heterocycles. The summed E-state index contributed by atoms with van der Waals surface area (Å²) in [4.78, 5) is 14.6. The molecule has 0 amide bonds. The smallest absolute Gasteiger partial charge is 0.313 e. The van der Waals surface area contributed by atoms with Crippen LogP contribution in [0.25, 0.3) is 11.4 Å². The van der Waals surface area contributed by atoms with Gasteiger partial charge in [0, 0.05) is 24.0 Å². The average molecular weight is 311 g/mol. The zero-order valence-corrected chi connectivity index (χ0v) is 11.9. The van der Waals surface area contributed by atoms with Crippen molar-refractivity contribution in [3.8, 4) is 11.4 Å². The monoisotopic (exact) mass is 310 g/mol. The second-order valence-electron chi connectivity index (χ2n) is 4.45. The lowest BCUT2D eigenvalue weighted by Crippen LogP contribution is -2.03. The van der Waals surface area contributed by atoms with Crippen molar-refractivity contribution in [3.05, 3.63) is 23.5 Å². The number of aromatic nitrogens is 4. The van der Waals surface area contributed by atoms with Crippen molar-refractivity contribution in [2.24, 2.45) is 0 Å². The quantitative estimate of drug-likeness (QED) is 0.855. The number of thioether (sulfide) groups is 1. The minimum absolute atomic E-state index is 0.0328. The molecular weight excluding hydrogens is 300 g/mol. The molecule has 1 fully saturated rings. The summed E-state index contributed by atoms with van der Waals surface area (Å²) in [6, 6.07) is 2.12. The number of pyridine rings is 1. The second-order valence-corrected chi connectivity index (χ2v) is 5.79. The Kier molecular flexibility index (Phi) is 3.62. The topological polar surface area (TPSA) is 80.9 Å². The van der Waals surface area contributed by atoms with Crippen LogP contribution in [0.15, 0.2) is 23.6 Å². The van der Waals surface area contributed by atoms with Gasteiger partial charge in [-0.3, -0.25) is 14.3 Å². The van der Waals surface area contributed by atoms with Crippen LogP contribution in [0.5, 0.6) is 0 Å². The maximum atomic E-state index is 10.7. The summed E-state index contributed by atoms with van der Waals surface area (Å²) in [6.45, 7) is 0. The highest BCUT2D eigenvalue weighted by Crippen LogP contribution is 2.41. The van der Waals surface area contributed by atoms with Gasteiger partial charge in [-0.15, -0.1) is 10.2 Å². The van der Waals surface area contributed by atoms with E-state index >= 15 is 0 Å². The minimum atomic E-state index is -0.871. The Morgan fingerprint density at radius 1 is 1.50 bits per heavy atom. The maximum absolute atomic E-state index is 10.7. The zero-order chi connectivity index (χ0) is 14.1. The summed E-state index contributed by atoms with van der Waals surface area (Å²) >= 11 is 7.32. The lowest BCUT2D eigenvalue weighted by molar-refractivity contribution is -0.133. The van der Waals surface area contributed by atoms with E-state index in [9.17, 15) is 4.79 Å². The summed E-state index contributed by atoms with van der Waals surface area (Å²) in [7, 11) is 0. The third-order valence-corrected chi connectivity index (χ3v) is 4.14. The van der Waals surface area contributed by atoms with Gasteiger partial charge in [-0.05, 0) is 18.9 Å². The van der Waals surface area contributed by atoms with Gasteiger partial charge < -0.3 is 5.11 Å². The predicted octanol–water partition coefficient (Wildman–Crippen LogP) is 2.51. The Morgan fingerprint density at radius 3 is 2.95 bits per heavy atom. The van der Waals surface area contributed by atoms with Gasteiger partial charge in [-0.25, -0.2) is 0 Å². The molecule has 6 nitrogen and oxygen atoms in total. The van der Waals surface area contributed by atoms with Gasteiger partial charge in [0.1, 0.15) is 0 Å². The fraction of sp³-hybridized carbons (Fsp3) is 0.333. The molecule has 1 saturated carbocycles. The van der Waals surface area contributed by atoms with Gasteiger partial charge in [0.05, 0.1) is 10.8 Å². The first-order valence-electron chi connectivity index (χ1n) is 6.06. The van der Waals surface area contributed by atoms with E-state index < -0.39 is 5.97 Å². The summed E-state index contributed by atoms with van der Waals surface area (Å²) in [6.07, 6.45) is 5.31. The molecule has 20 heavy (non-hydrogen) atoms. The molecule has 0 aliphatic heterocycles. The van der Waals surface area contributed by atoms with E-state index in [0.29, 0.717) is 22.0 Å². The number of carboxylic acids is 1. The Bertz CT molecular complexity index is 657. The van der Waals surface area contributed by atoms with Crippen molar-refractivity contribution in [1.82, 2.24) is 19.7 Å². The number of rotatable bonds is 5. The van der Waals surface area contributed by atoms with E-state index in [2.05, 4.69) is 15.2 Å². The van der Waals surface area contributed by atoms with Crippen LogP contribution in [-0.4, -0.2) is 36.6 Å². The van der Waals surface area contributed by atoms with Crippen LogP contribution < -0.4 is 0 Å². The van der Waals surface area contributed by atoms with Crippen molar-refractivity contribution in [2.45, 2.75) is 24.0 Å². The molecule has 1 aliphatic carbocycles. The van der Waals surface area contributed by atoms with Crippen molar-refractivity contribution in [2.75, 3.05) is 5.75 Å². The molecule has 0 bridgehead atoms. The summed E-state index contributed by atoms with van der Waals surface area (Å²) < 4.78 is 1.98. The number of halogens is 1. The van der Waals surface area contributed by atoms with Crippen molar-refractivity contribution >= 4 is 29.3 Å². The second kappa shape index (κ2) is 5.41. The Labute approximate surface area is 124 Å². The van der Waals surface area contributed by atoms with Crippen molar-refractivity contribution < 1.29 is 9.90 Å². The Hall–Kier alpha value is -1.60. The maximum Gasteiger partial charge on any atom is 0.313 e. The van der Waals surface area contributed by atoms with Crippen molar-refractivity contribution in [1.29, 1.82) is 0 Å². The van der Waals surface area contributed by atoms with Gasteiger partial charge in [0.15, 0.2) is 11.0 Å². The van der Waals surface area contributed by atoms with Crippen LogP contribution in [-0.2, 0) is 4.79 Å². The number of carboxylic acid groups (broad SMARTS) is 1. The largest absolute Gasteiger partial charge is 0.481 e. The third-order valence-electron chi connectivity index (χ3n) is 2.91. The first-order chi connectivity index (χ1) is 9.66. The SMILES string of the molecule is O=C(O)CSc1nnc(-c2ccncc2Cl)n1C1CC1. The minimum Gasteiger partial charge on any atom is -0.481 e. The van der Waals surface area contributed by atoms with Crippen molar-refractivity contribution in [3.63, 3.8) is 0 Å². The normalized spacial score (nSPS) is 14.4. The molecule has 104 valence electrons. The highest BCUT2D eigenvalue weighted by atomic mass is 35.5. The van der Waals surface area contributed by atoms with Crippen LogP contribution in [0.3, 0.4) is 0 Å². The molecule has 2 aromatic heterocycles. The van der Waals surface area contributed by atoms with Gasteiger partial charge in [-0.2, -0.15) is 0 Å². The van der Waals surface area contributed by atoms with E-state index in [1.54, 1.807) is 18.5 Å². The summed E-state index contributed by atoms with van der Waals surface area (Å²) in [5, 5.41) is 18.2. The molecule has 2 aromatic rings. The molecule has 0 spiro atoms. The van der Waals surface area contributed by atoms with Crippen LogP contribution in [0.2, 0.25) is 5.02 Å². The van der Waals surface area contributed by atoms with E-state index in [4.69, 9.17) is 16.7 Å². The molecule has 0 atom stereocenters. The first kappa shape index (κ1) is 13.4. The zero-order valence-electron chi connectivity index (χ0n) is 10.4. The molecular formula is C12H11ClN4O2S. The van der Waals surface area contributed by atoms with Gasteiger partial charge >= 0.3 is 5.97 Å². The standard InChI is InChI=1S/C12H11ClN4O2S/c13-9-5-14-4-3-8(9)11-15-16-12(20-6-10(18)19)17(11)7-1-2-7/h3-5,7H,1-2,6H2,(H,18,19). The molecule has 8 heteroatoms. The van der Waals surface area contributed by atoms with Crippen LogP contribution in [0, 0.1) is 0 Å². The molecule has 1 aliphatic rings. The van der Waals surface area contributed by atoms with Gasteiger partial charge in [0.2, 0.25) is 0 Å². The third kappa shape index (κ3) is 2.64. The number of nitrogens with zero attached hydrogens (tertiary/aromatic N) is 4. The van der Waals surface area contributed by atoms with E-state index in [0.717, 1.165) is 18.4 Å². The Balaban J connectivity index is 1.99. The molecule has 0 aromatic carbocycles. The fourth-order valence-electron chi connectivity index (χ4n) is 1.90. The van der Waals surface area contributed by atoms with Gasteiger partial charge in [0.25, 0.3) is 0 Å². The molecule has 1 N–H and O–H groups in total. The summed E-state index contributed by atoms with van der Waals surface area (Å²) in [5.74, 6) is -0.230. The highest BCUT2D eigenvalue weighted by molar-refractivity contribution is 7.99. The van der Waals surface area contributed by atoms with E-state index in [-0.39, 0.29) is 5.75 Å². The number of aliphatic carboxylic acids is 1. The number of hydrogen-bond donors (Lipinski definition) is 1. The highest BCUT2D eigenvalue weighted by Gasteiger charge is 2.30. The van der Waals surface area contributed by atoms with Gasteiger partial charge in [-0.1, -0.05) is 23.4 Å². The fourth-order valence-corrected chi connectivity index (χ4v) is 2.83. The molecule has 2 heterocycles. The molecule has 0 radical (unpaired) electrons. The predicted molar refractivity (Wildman–Crippen MR) is 74.9 cm³/mol. The molecule has 0 unspecified atom stereocenters. The number of hydrogen-bond acceptors (Lipinski definition) is 5. The average Bonchev–Trinajstić information content (AvgIpc) is 3.17. The lowest BCUT2D eigenvalue weighted by atomic mass is 10.2. The van der Waals surface area contributed by atoms with Crippen LogP contribution >= 0.6 is 23.4 Å². The lowest BCUT2D eigenvalue weighted by Gasteiger charge is -2.08. The Morgan fingerprint density at radius 2 is 2.30 bits per heavy atom. The first-order valence-corrected chi connectivity index (χ1v) is 7.42. The molecule has 3 rings (SSSR count). The van der Waals surface area contributed by atoms with Crippen LogP contribution in [0.4, 0.5) is 0 Å². The van der Waals surface area contributed by atoms with E-state index in [1.165, 1.54) is 11.8 Å². The number of carbonyl (C=O) groups is 1. The summed E-state index contributed by atoms with van der Waals surface area (Å²) in [5.41, 5.74) is 0.767. The van der Waals surface area contributed by atoms with E-state index in [1.807, 2.05) is 4.57 Å².